The molecule has 126 valence electrons. The molecule has 0 aliphatic heterocycles. The number of hydrogen-bond donors (Lipinski definition) is 0. The van der Waals surface area contributed by atoms with Gasteiger partial charge in [-0.1, -0.05) is 30.3 Å². The van der Waals surface area contributed by atoms with Gasteiger partial charge in [-0.05, 0) is 44.9 Å². The Labute approximate surface area is 144 Å². The van der Waals surface area contributed by atoms with Crippen LogP contribution in [0.3, 0.4) is 0 Å². The van der Waals surface area contributed by atoms with Crippen molar-refractivity contribution in [3.63, 3.8) is 0 Å². The zero-order valence-corrected chi connectivity index (χ0v) is 15.1. The van der Waals surface area contributed by atoms with Crippen molar-refractivity contribution >= 4 is 17.2 Å². The van der Waals surface area contributed by atoms with Crippen LogP contribution in [-0.2, 0) is 0 Å². The molecule has 0 radical (unpaired) electrons. The fourth-order valence-corrected chi connectivity index (χ4v) is 3.76. The Balaban J connectivity index is 2.29. The van der Waals surface area contributed by atoms with Crippen LogP contribution in [0.25, 0.3) is 11.1 Å². The van der Waals surface area contributed by atoms with Crippen molar-refractivity contribution in [2.24, 2.45) is 0 Å². The number of carbonyl (C=O) groups excluding carboxylic acids is 1. The van der Waals surface area contributed by atoms with E-state index in [0.717, 1.165) is 54.1 Å². The van der Waals surface area contributed by atoms with Crippen LogP contribution in [0.15, 0.2) is 36.4 Å². The molecule has 0 spiro atoms. The summed E-state index contributed by atoms with van der Waals surface area (Å²) < 4.78 is 0. The maximum Gasteiger partial charge on any atom is 0.196 e. The molecule has 0 unspecified atom stereocenters. The van der Waals surface area contributed by atoms with Crippen LogP contribution in [0.1, 0.15) is 43.6 Å². The highest BCUT2D eigenvalue weighted by atomic mass is 16.1. The van der Waals surface area contributed by atoms with Crippen LogP contribution >= 0.6 is 0 Å². The van der Waals surface area contributed by atoms with Crippen molar-refractivity contribution in [1.82, 2.24) is 0 Å². The zero-order valence-electron chi connectivity index (χ0n) is 15.1. The van der Waals surface area contributed by atoms with Gasteiger partial charge in [-0.25, -0.2) is 0 Å². The van der Waals surface area contributed by atoms with E-state index < -0.39 is 0 Å². The highest BCUT2D eigenvalue weighted by Crippen LogP contribution is 2.45. The largest absolute Gasteiger partial charge is 0.370 e. The Morgan fingerprint density at radius 1 is 0.708 bits per heavy atom. The van der Waals surface area contributed by atoms with E-state index in [-0.39, 0.29) is 5.78 Å². The van der Waals surface area contributed by atoms with Gasteiger partial charge in [0, 0.05) is 31.7 Å². The van der Waals surface area contributed by atoms with Crippen LogP contribution in [0.4, 0.5) is 11.4 Å². The normalized spacial score (nSPS) is 12.1. The Bertz CT molecular complexity index is 758. The lowest BCUT2D eigenvalue weighted by molar-refractivity contribution is 0.104. The minimum atomic E-state index is 0.163. The van der Waals surface area contributed by atoms with Gasteiger partial charge in [0.15, 0.2) is 5.78 Å². The van der Waals surface area contributed by atoms with Crippen LogP contribution in [0, 0.1) is 0 Å². The summed E-state index contributed by atoms with van der Waals surface area (Å²) in [6.07, 6.45) is 0. The number of anilines is 2. The average Bonchev–Trinajstić information content (AvgIpc) is 2.91. The highest BCUT2D eigenvalue weighted by Gasteiger charge is 2.32. The highest BCUT2D eigenvalue weighted by molar-refractivity contribution is 6.25. The molecule has 0 aromatic heterocycles. The van der Waals surface area contributed by atoms with Gasteiger partial charge in [-0.2, -0.15) is 0 Å². The lowest BCUT2D eigenvalue weighted by atomic mass is 10.0. The molecule has 3 rings (SSSR count). The van der Waals surface area contributed by atoms with E-state index in [4.69, 9.17) is 0 Å². The first-order chi connectivity index (χ1) is 11.7. The molecule has 0 heterocycles. The van der Waals surface area contributed by atoms with Crippen molar-refractivity contribution < 1.29 is 4.79 Å². The van der Waals surface area contributed by atoms with Gasteiger partial charge in [-0.3, -0.25) is 4.79 Å². The second kappa shape index (κ2) is 6.68. The summed E-state index contributed by atoms with van der Waals surface area (Å²) in [4.78, 5) is 17.8. The molecule has 2 aromatic rings. The maximum absolute atomic E-state index is 13.2. The number of carbonyl (C=O) groups is 1. The van der Waals surface area contributed by atoms with Crippen LogP contribution in [-0.4, -0.2) is 32.0 Å². The van der Waals surface area contributed by atoms with E-state index in [1.165, 1.54) is 5.69 Å². The smallest absolute Gasteiger partial charge is 0.196 e. The summed E-state index contributed by atoms with van der Waals surface area (Å²) in [6, 6.07) is 12.3. The first-order valence-corrected chi connectivity index (χ1v) is 8.98. The number of rotatable bonds is 6. The Hall–Kier alpha value is -2.29. The maximum atomic E-state index is 13.2. The number of hydrogen-bond acceptors (Lipinski definition) is 3. The molecule has 3 nitrogen and oxygen atoms in total. The van der Waals surface area contributed by atoms with E-state index in [0.29, 0.717) is 0 Å². The van der Waals surface area contributed by atoms with Crippen molar-refractivity contribution in [3.8, 4) is 11.1 Å². The lowest BCUT2D eigenvalue weighted by Gasteiger charge is -2.32. The van der Waals surface area contributed by atoms with Crippen molar-refractivity contribution in [3.05, 3.63) is 47.5 Å². The van der Waals surface area contributed by atoms with Crippen molar-refractivity contribution in [1.29, 1.82) is 0 Å². The average molecular weight is 322 g/mol. The van der Waals surface area contributed by atoms with E-state index in [9.17, 15) is 4.79 Å². The summed E-state index contributed by atoms with van der Waals surface area (Å²) in [5, 5.41) is 0. The molecule has 24 heavy (non-hydrogen) atoms. The first-order valence-electron chi connectivity index (χ1n) is 8.98. The molecule has 0 N–H and O–H groups in total. The molecule has 3 heteroatoms. The van der Waals surface area contributed by atoms with Gasteiger partial charge in [-0.15, -0.1) is 0 Å². The Morgan fingerprint density at radius 3 is 1.88 bits per heavy atom. The van der Waals surface area contributed by atoms with E-state index in [1.54, 1.807) is 0 Å². The van der Waals surface area contributed by atoms with Gasteiger partial charge in [0.25, 0.3) is 0 Å². The van der Waals surface area contributed by atoms with Gasteiger partial charge < -0.3 is 9.80 Å². The number of ketones is 1. The first kappa shape index (κ1) is 16.6. The third-order valence-electron chi connectivity index (χ3n) is 5.03. The van der Waals surface area contributed by atoms with E-state index >= 15 is 0 Å². The molecule has 0 saturated heterocycles. The van der Waals surface area contributed by atoms with Crippen molar-refractivity contribution in [2.75, 3.05) is 36.0 Å². The topological polar surface area (TPSA) is 23.6 Å². The van der Waals surface area contributed by atoms with Crippen LogP contribution in [0.5, 0.6) is 0 Å². The quantitative estimate of drug-likeness (QED) is 0.663. The molecule has 1 aliphatic carbocycles. The standard InChI is InChI=1S/C21H26N2O/c1-5-22(6-2)18-14-13-16-15-11-9-10-12-17(15)21(24)19(16)20(18)23(7-3)8-4/h9-14H,5-8H2,1-4H3. The predicted octanol–water partition coefficient (Wildman–Crippen LogP) is 4.59. The third kappa shape index (κ3) is 2.39. The summed E-state index contributed by atoms with van der Waals surface area (Å²) in [5.74, 6) is 0.163. The monoisotopic (exact) mass is 322 g/mol. The number of fused-ring (bicyclic) bond motifs is 3. The second-order valence-electron chi connectivity index (χ2n) is 6.08. The van der Waals surface area contributed by atoms with Crippen LogP contribution in [0.2, 0.25) is 0 Å². The van der Waals surface area contributed by atoms with E-state index in [1.807, 2.05) is 18.2 Å². The molecular formula is C21H26N2O. The van der Waals surface area contributed by atoms with Crippen molar-refractivity contribution in [2.45, 2.75) is 27.7 Å². The molecule has 0 amide bonds. The molecule has 1 aliphatic rings. The minimum Gasteiger partial charge on any atom is -0.370 e. The minimum absolute atomic E-state index is 0.163. The van der Waals surface area contributed by atoms with Gasteiger partial charge in [0.05, 0.1) is 16.9 Å². The SMILES string of the molecule is CCN(CC)c1ccc2c(c1N(CC)CC)C(=O)c1ccccc1-2. The molecule has 2 aromatic carbocycles. The zero-order chi connectivity index (χ0) is 17.3. The summed E-state index contributed by atoms with van der Waals surface area (Å²) >= 11 is 0. The van der Waals surface area contributed by atoms with Crippen LogP contribution < -0.4 is 9.80 Å². The second-order valence-corrected chi connectivity index (χ2v) is 6.08. The number of nitrogens with zero attached hydrogens (tertiary/aromatic N) is 2. The summed E-state index contributed by atoms with van der Waals surface area (Å²) in [6.45, 7) is 12.3. The molecule has 0 saturated carbocycles. The van der Waals surface area contributed by atoms with Gasteiger partial charge >= 0.3 is 0 Å². The molecule has 0 bridgehead atoms. The molecular weight excluding hydrogens is 296 g/mol. The van der Waals surface area contributed by atoms with Gasteiger partial charge in [0.2, 0.25) is 0 Å². The fraction of sp³-hybridized carbons (Fsp3) is 0.381. The fourth-order valence-electron chi connectivity index (χ4n) is 3.76. The molecule has 0 fully saturated rings. The summed E-state index contributed by atoms with van der Waals surface area (Å²) in [7, 11) is 0. The predicted molar refractivity (Wildman–Crippen MR) is 102 cm³/mol. The lowest BCUT2D eigenvalue weighted by Crippen LogP contribution is -2.29. The number of benzene rings is 2. The Kier molecular flexibility index (Phi) is 4.61. The summed E-state index contributed by atoms with van der Waals surface area (Å²) in [5.41, 5.74) is 6.12. The van der Waals surface area contributed by atoms with Gasteiger partial charge in [0.1, 0.15) is 0 Å². The van der Waals surface area contributed by atoms with E-state index in [2.05, 4.69) is 55.7 Å². The Morgan fingerprint density at radius 2 is 1.29 bits per heavy atom. The third-order valence-corrected chi connectivity index (χ3v) is 5.03. The molecule has 0 atom stereocenters.